The van der Waals surface area contributed by atoms with E-state index < -0.39 is 30.1 Å². The predicted molar refractivity (Wildman–Crippen MR) is 127 cm³/mol. The highest BCUT2D eigenvalue weighted by molar-refractivity contribution is 5.97. The number of alkyl carbamates (subject to hydrolysis) is 1. The fourth-order valence-corrected chi connectivity index (χ4v) is 4.19. The van der Waals surface area contributed by atoms with Crippen molar-refractivity contribution in [2.75, 3.05) is 19.0 Å². The number of aromatic nitrogens is 2. The van der Waals surface area contributed by atoms with Crippen LogP contribution in [0.15, 0.2) is 54.6 Å². The lowest BCUT2D eigenvalue weighted by atomic mass is 9.98. The van der Waals surface area contributed by atoms with Crippen LogP contribution in [0.2, 0.25) is 0 Å². The van der Waals surface area contributed by atoms with Gasteiger partial charge in [-0.3, -0.25) is 9.48 Å². The van der Waals surface area contributed by atoms with Crippen molar-refractivity contribution < 1.29 is 29.0 Å². The van der Waals surface area contributed by atoms with E-state index in [-0.39, 0.29) is 24.0 Å². The lowest BCUT2D eigenvalue weighted by molar-refractivity contribution is -0.121. The molecular formula is C25H26N4O6. The Kier molecular flexibility index (Phi) is 6.83. The van der Waals surface area contributed by atoms with Crippen LogP contribution in [0.4, 0.5) is 10.6 Å². The number of anilines is 1. The van der Waals surface area contributed by atoms with Crippen molar-refractivity contribution >= 4 is 23.8 Å². The van der Waals surface area contributed by atoms with Gasteiger partial charge in [0, 0.05) is 26.1 Å². The third-order valence-corrected chi connectivity index (χ3v) is 6.09. The molecule has 1 aliphatic carbocycles. The summed E-state index contributed by atoms with van der Waals surface area (Å²) in [7, 11) is 2.91. The number of nitrogens with zero attached hydrogens (tertiary/aromatic N) is 2. The Morgan fingerprint density at radius 1 is 1.09 bits per heavy atom. The summed E-state index contributed by atoms with van der Waals surface area (Å²) in [4.78, 5) is 36.8. The minimum absolute atomic E-state index is 0.0965. The lowest BCUT2D eigenvalue weighted by Gasteiger charge is -2.23. The van der Waals surface area contributed by atoms with E-state index in [2.05, 4.69) is 15.7 Å². The van der Waals surface area contributed by atoms with Gasteiger partial charge in [0.05, 0.1) is 6.10 Å². The van der Waals surface area contributed by atoms with Gasteiger partial charge in [0.2, 0.25) is 0 Å². The molecule has 0 aliphatic heterocycles. The Bertz CT molecular complexity index is 1220. The molecule has 182 valence electrons. The lowest BCUT2D eigenvalue weighted by Crippen LogP contribution is -2.51. The van der Waals surface area contributed by atoms with Crippen LogP contribution < -0.4 is 10.6 Å². The molecule has 0 radical (unpaired) electrons. The van der Waals surface area contributed by atoms with Crippen molar-refractivity contribution in [1.29, 1.82) is 0 Å². The maximum Gasteiger partial charge on any atom is 0.407 e. The summed E-state index contributed by atoms with van der Waals surface area (Å²) in [5, 5.41) is 18.1. The summed E-state index contributed by atoms with van der Waals surface area (Å²) < 4.78 is 12.0. The van der Waals surface area contributed by atoms with E-state index in [1.807, 2.05) is 48.5 Å². The Labute approximate surface area is 201 Å². The Morgan fingerprint density at radius 3 is 2.23 bits per heavy atom. The maximum atomic E-state index is 12.9. The van der Waals surface area contributed by atoms with Crippen LogP contribution in [-0.2, 0) is 21.3 Å². The second kappa shape index (κ2) is 9.98. The van der Waals surface area contributed by atoms with Crippen LogP contribution >= 0.6 is 0 Å². The van der Waals surface area contributed by atoms with E-state index in [9.17, 15) is 14.4 Å². The zero-order valence-electron chi connectivity index (χ0n) is 19.5. The predicted octanol–water partition coefficient (Wildman–Crippen LogP) is 3.00. The van der Waals surface area contributed by atoms with E-state index in [0.717, 1.165) is 22.3 Å². The number of nitrogens with one attached hydrogen (secondary N) is 2. The van der Waals surface area contributed by atoms with Crippen LogP contribution in [0.1, 0.15) is 34.5 Å². The van der Waals surface area contributed by atoms with E-state index >= 15 is 0 Å². The third-order valence-electron chi connectivity index (χ3n) is 6.09. The number of hydrogen-bond acceptors (Lipinski definition) is 6. The van der Waals surface area contributed by atoms with Crippen molar-refractivity contribution in [3.63, 3.8) is 0 Å². The molecule has 1 aromatic heterocycles. The number of benzene rings is 2. The number of rotatable bonds is 8. The molecule has 0 saturated heterocycles. The van der Waals surface area contributed by atoms with Crippen molar-refractivity contribution in [2.24, 2.45) is 7.05 Å². The van der Waals surface area contributed by atoms with Crippen molar-refractivity contribution in [1.82, 2.24) is 15.1 Å². The number of carbonyl (C=O) groups is 3. The SMILES string of the molecule is COC(C)C(NC(=O)OCC1c2ccccc2-c2ccccc21)C(=O)Nc1cc(C(=O)O)nn1C. The molecule has 1 heterocycles. The summed E-state index contributed by atoms with van der Waals surface area (Å²) >= 11 is 0. The number of aryl methyl sites for hydroxylation is 1. The summed E-state index contributed by atoms with van der Waals surface area (Å²) in [5.74, 6) is -1.79. The molecule has 0 spiro atoms. The standard InChI is InChI=1S/C25H26N4O6/c1-14(34-3)22(23(30)26-21-12-20(24(31)32)28-29(21)2)27-25(33)35-13-19-17-10-6-4-8-15(17)16-9-5-7-11-18(16)19/h4-12,14,19,22H,13H2,1-3H3,(H,26,30)(H,27,33)(H,31,32). The van der Waals surface area contributed by atoms with Gasteiger partial charge in [0.1, 0.15) is 18.5 Å². The van der Waals surface area contributed by atoms with Crippen LogP contribution in [0.5, 0.6) is 0 Å². The second-order valence-electron chi connectivity index (χ2n) is 8.22. The van der Waals surface area contributed by atoms with E-state index in [0.29, 0.717) is 0 Å². The van der Waals surface area contributed by atoms with Gasteiger partial charge in [-0.25, -0.2) is 9.59 Å². The van der Waals surface area contributed by atoms with Gasteiger partial charge in [-0.1, -0.05) is 48.5 Å². The van der Waals surface area contributed by atoms with Crippen LogP contribution in [0.3, 0.4) is 0 Å². The largest absolute Gasteiger partial charge is 0.476 e. The highest BCUT2D eigenvalue weighted by Crippen LogP contribution is 2.44. The molecule has 4 rings (SSSR count). The number of aromatic carboxylic acids is 1. The molecule has 35 heavy (non-hydrogen) atoms. The van der Waals surface area contributed by atoms with Gasteiger partial charge in [-0.2, -0.15) is 5.10 Å². The number of carboxylic acid groups (broad SMARTS) is 1. The summed E-state index contributed by atoms with van der Waals surface area (Å²) in [5.41, 5.74) is 4.15. The van der Waals surface area contributed by atoms with Crippen LogP contribution in [0.25, 0.3) is 11.1 Å². The fourth-order valence-electron chi connectivity index (χ4n) is 4.19. The van der Waals surface area contributed by atoms with Gasteiger partial charge in [-0.15, -0.1) is 0 Å². The topological polar surface area (TPSA) is 132 Å². The zero-order valence-corrected chi connectivity index (χ0v) is 19.5. The highest BCUT2D eigenvalue weighted by atomic mass is 16.5. The molecule has 0 bridgehead atoms. The van der Waals surface area contributed by atoms with Gasteiger partial charge in [-0.05, 0) is 29.2 Å². The molecular weight excluding hydrogens is 452 g/mol. The average Bonchev–Trinajstić information content (AvgIpc) is 3.38. The van der Waals surface area contributed by atoms with Crippen molar-refractivity contribution in [3.8, 4) is 11.1 Å². The summed E-state index contributed by atoms with van der Waals surface area (Å²) in [6, 6.07) is 16.1. The first-order valence-corrected chi connectivity index (χ1v) is 11.0. The molecule has 2 aromatic carbocycles. The minimum atomic E-state index is -1.22. The molecule has 2 amide bonds. The molecule has 0 fully saturated rings. The summed E-state index contributed by atoms with van der Waals surface area (Å²) in [6.07, 6.45) is -1.46. The van der Waals surface area contributed by atoms with E-state index in [1.54, 1.807) is 6.92 Å². The van der Waals surface area contributed by atoms with Crippen molar-refractivity contribution in [3.05, 3.63) is 71.4 Å². The first kappa shape index (κ1) is 24.0. The van der Waals surface area contributed by atoms with Gasteiger partial charge < -0.3 is 25.2 Å². The first-order chi connectivity index (χ1) is 16.8. The molecule has 10 heteroatoms. The first-order valence-electron chi connectivity index (χ1n) is 11.0. The third kappa shape index (κ3) is 4.87. The van der Waals surface area contributed by atoms with Crippen molar-refractivity contribution in [2.45, 2.75) is 25.0 Å². The molecule has 10 nitrogen and oxygen atoms in total. The smallest absolute Gasteiger partial charge is 0.407 e. The Morgan fingerprint density at radius 2 is 1.69 bits per heavy atom. The van der Waals surface area contributed by atoms with Gasteiger partial charge >= 0.3 is 12.1 Å². The molecule has 2 atom stereocenters. The molecule has 0 saturated carbocycles. The number of methoxy groups -OCH3 is 1. The second-order valence-corrected chi connectivity index (χ2v) is 8.22. The number of fused-ring (bicyclic) bond motifs is 3. The normalized spacial score (nSPS) is 13.9. The summed E-state index contributed by atoms with van der Waals surface area (Å²) in [6.45, 7) is 1.72. The molecule has 1 aliphatic rings. The number of hydrogen-bond donors (Lipinski definition) is 3. The van der Waals surface area contributed by atoms with Crippen LogP contribution in [0, 0.1) is 0 Å². The van der Waals surface area contributed by atoms with Crippen LogP contribution in [-0.4, -0.2) is 58.7 Å². The number of amides is 2. The Hall–Kier alpha value is -4.18. The minimum Gasteiger partial charge on any atom is -0.476 e. The average molecular weight is 479 g/mol. The fraction of sp³-hybridized carbons (Fsp3) is 0.280. The molecule has 3 N–H and O–H groups in total. The van der Waals surface area contributed by atoms with E-state index in [1.165, 1.54) is 24.9 Å². The quantitative estimate of drug-likeness (QED) is 0.453. The monoisotopic (exact) mass is 478 g/mol. The Balaban J connectivity index is 1.44. The van der Waals surface area contributed by atoms with Gasteiger partial charge in [0.15, 0.2) is 5.69 Å². The van der Waals surface area contributed by atoms with E-state index in [4.69, 9.17) is 14.6 Å². The van der Waals surface area contributed by atoms with Gasteiger partial charge in [0.25, 0.3) is 5.91 Å². The highest BCUT2D eigenvalue weighted by Gasteiger charge is 2.31. The molecule has 2 unspecified atom stereocenters. The zero-order chi connectivity index (χ0) is 25.1. The number of ether oxygens (including phenoxy) is 2. The molecule has 3 aromatic rings. The number of carbonyl (C=O) groups excluding carboxylic acids is 2. The maximum absolute atomic E-state index is 12.9. The number of carboxylic acids is 1.